The summed E-state index contributed by atoms with van der Waals surface area (Å²) in [4.78, 5) is 0. The number of hydrogen-bond donors (Lipinski definition) is 1. The summed E-state index contributed by atoms with van der Waals surface area (Å²) in [5.74, 6) is 1.73. The lowest BCUT2D eigenvalue weighted by Gasteiger charge is -2.23. The zero-order valence-corrected chi connectivity index (χ0v) is 10.3. The summed E-state index contributed by atoms with van der Waals surface area (Å²) in [6.45, 7) is 4.22. The normalized spacial score (nSPS) is 16.4. The molecule has 1 aromatic rings. The molecule has 0 saturated heterocycles. The summed E-state index contributed by atoms with van der Waals surface area (Å²) >= 11 is 0. The second-order valence-electron chi connectivity index (χ2n) is 4.58. The Balaban J connectivity index is 2.19. The number of aryl methyl sites for hydroxylation is 1. The van der Waals surface area contributed by atoms with Crippen LogP contribution in [0.15, 0.2) is 18.2 Å². The highest BCUT2D eigenvalue weighted by atomic mass is 16.5. The van der Waals surface area contributed by atoms with E-state index >= 15 is 0 Å². The predicted molar refractivity (Wildman–Crippen MR) is 67.2 cm³/mol. The average Bonchev–Trinajstić information content (AvgIpc) is 2.35. The van der Waals surface area contributed by atoms with Crippen LogP contribution < -0.4 is 10.1 Å². The van der Waals surface area contributed by atoms with Gasteiger partial charge >= 0.3 is 0 Å². The number of fused-ring (bicyclic) bond motifs is 1. The van der Waals surface area contributed by atoms with E-state index in [0.717, 1.165) is 31.7 Å². The van der Waals surface area contributed by atoms with Gasteiger partial charge in [-0.05, 0) is 49.9 Å². The topological polar surface area (TPSA) is 21.3 Å². The van der Waals surface area contributed by atoms with Gasteiger partial charge in [0.15, 0.2) is 0 Å². The van der Waals surface area contributed by atoms with Crippen LogP contribution in [-0.2, 0) is 6.42 Å². The molecule has 0 spiro atoms. The number of nitrogens with one attached hydrogen (secondary N) is 1. The molecule has 0 aliphatic carbocycles. The fourth-order valence-corrected chi connectivity index (χ4v) is 2.32. The Bertz CT molecular complexity index is 349. The molecule has 1 aliphatic heterocycles. The molecule has 1 aliphatic rings. The highest BCUT2D eigenvalue weighted by Crippen LogP contribution is 2.34. The Morgan fingerprint density at radius 2 is 2.31 bits per heavy atom. The molecule has 0 radical (unpaired) electrons. The quantitative estimate of drug-likeness (QED) is 0.840. The summed E-state index contributed by atoms with van der Waals surface area (Å²) in [6.07, 6.45) is 3.49. The molecule has 0 saturated carbocycles. The van der Waals surface area contributed by atoms with E-state index in [2.05, 4.69) is 30.4 Å². The van der Waals surface area contributed by atoms with Gasteiger partial charge in [-0.2, -0.15) is 0 Å². The van der Waals surface area contributed by atoms with E-state index in [1.807, 2.05) is 7.05 Å². The zero-order chi connectivity index (χ0) is 11.4. The highest BCUT2D eigenvalue weighted by Gasteiger charge is 2.17. The number of benzene rings is 1. The molecule has 2 heteroatoms. The van der Waals surface area contributed by atoms with Crippen molar-refractivity contribution in [1.29, 1.82) is 0 Å². The molecule has 0 aromatic heterocycles. The van der Waals surface area contributed by atoms with Gasteiger partial charge in [0.25, 0.3) is 0 Å². The standard InChI is InChI=1S/C14H21NO/c1-11(8-9-15-2)13-7-3-5-12-6-4-10-16-14(12)13/h3,5,7,11,15H,4,6,8-10H2,1-2H3. The lowest BCUT2D eigenvalue weighted by molar-refractivity contribution is 0.283. The predicted octanol–water partition coefficient (Wildman–Crippen LogP) is 2.72. The van der Waals surface area contributed by atoms with E-state index in [1.54, 1.807) is 0 Å². The van der Waals surface area contributed by atoms with Crippen LogP contribution in [0.25, 0.3) is 0 Å². The lowest BCUT2D eigenvalue weighted by atomic mass is 9.92. The molecule has 2 nitrogen and oxygen atoms in total. The third kappa shape index (κ3) is 2.38. The van der Waals surface area contributed by atoms with Gasteiger partial charge in [-0.15, -0.1) is 0 Å². The smallest absolute Gasteiger partial charge is 0.125 e. The van der Waals surface area contributed by atoms with Crippen LogP contribution in [-0.4, -0.2) is 20.2 Å². The maximum Gasteiger partial charge on any atom is 0.125 e. The molecule has 1 N–H and O–H groups in total. The second-order valence-corrected chi connectivity index (χ2v) is 4.58. The van der Waals surface area contributed by atoms with E-state index in [-0.39, 0.29) is 0 Å². The minimum atomic E-state index is 0.570. The van der Waals surface area contributed by atoms with Crippen molar-refractivity contribution in [2.45, 2.75) is 32.1 Å². The van der Waals surface area contributed by atoms with Crippen LogP contribution in [0.1, 0.15) is 36.8 Å². The molecule has 1 aromatic carbocycles. The molecule has 16 heavy (non-hydrogen) atoms. The van der Waals surface area contributed by atoms with Crippen molar-refractivity contribution in [3.8, 4) is 5.75 Å². The summed E-state index contributed by atoms with van der Waals surface area (Å²) in [5.41, 5.74) is 2.77. The van der Waals surface area contributed by atoms with Crippen molar-refractivity contribution in [2.24, 2.45) is 0 Å². The molecule has 0 amide bonds. The Morgan fingerprint density at radius 1 is 1.44 bits per heavy atom. The number of rotatable bonds is 4. The van der Waals surface area contributed by atoms with Crippen molar-refractivity contribution in [2.75, 3.05) is 20.2 Å². The molecular formula is C14H21NO. The zero-order valence-electron chi connectivity index (χ0n) is 10.3. The number of ether oxygens (including phenoxy) is 1. The van der Waals surface area contributed by atoms with Gasteiger partial charge < -0.3 is 10.1 Å². The second kappa shape index (κ2) is 5.35. The first kappa shape index (κ1) is 11.5. The minimum Gasteiger partial charge on any atom is -0.493 e. The Labute approximate surface area is 98.0 Å². The maximum absolute atomic E-state index is 5.84. The van der Waals surface area contributed by atoms with Crippen LogP contribution >= 0.6 is 0 Å². The Hall–Kier alpha value is -1.02. The van der Waals surface area contributed by atoms with Crippen molar-refractivity contribution in [3.63, 3.8) is 0 Å². The summed E-state index contributed by atoms with van der Waals surface area (Å²) in [6, 6.07) is 6.58. The Kier molecular flexibility index (Phi) is 3.83. The lowest BCUT2D eigenvalue weighted by Crippen LogP contribution is -2.14. The summed E-state index contributed by atoms with van der Waals surface area (Å²) in [7, 11) is 2.00. The van der Waals surface area contributed by atoms with Crippen LogP contribution in [0.3, 0.4) is 0 Å². The van der Waals surface area contributed by atoms with Crippen molar-refractivity contribution >= 4 is 0 Å². The molecule has 88 valence electrons. The maximum atomic E-state index is 5.84. The molecular weight excluding hydrogens is 198 g/mol. The van der Waals surface area contributed by atoms with E-state index in [9.17, 15) is 0 Å². The van der Waals surface area contributed by atoms with Crippen LogP contribution in [0, 0.1) is 0 Å². The Morgan fingerprint density at radius 3 is 3.12 bits per heavy atom. The SMILES string of the molecule is CNCCC(C)c1cccc2c1OCCC2. The monoisotopic (exact) mass is 219 g/mol. The van der Waals surface area contributed by atoms with Gasteiger partial charge in [0, 0.05) is 0 Å². The van der Waals surface area contributed by atoms with Crippen molar-refractivity contribution in [3.05, 3.63) is 29.3 Å². The average molecular weight is 219 g/mol. The largest absolute Gasteiger partial charge is 0.493 e. The highest BCUT2D eigenvalue weighted by molar-refractivity contribution is 5.44. The fourth-order valence-electron chi connectivity index (χ4n) is 2.32. The first-order valence-electron chi connectivity index (χ1n) is 6.22. The molecule has 1 heterocycles. The molecule has 2 rings (SSSR count). The first-order valence-corrected chi connectivity index (χ1v) is 6.22. The number of hydrogen-bond acceptors (Lipinski definition) is 2. The fraction of sp³-hybridized carbons (Fsp3) is 0.571. The third-order valence-electron chi connectivity index (χ3n) is 3.32. The van der Waals surface area contributed by atoms with Gasteiger partial charge in [0.2, 0.25) is 0 Å². The molecule has 0 bridgehead atoms. The third-order valence-corrected chi connectivity index (χ3v) is 3.32. The van der Waals surface area contributed by atoms with E-state index < -0.39 is 0 Å². The first-order chi connectivity index (χ1) is 7.83. The van der Waals surface area contributed by atoms with Gasteiger partial charge in [0.05, 0.1) is 6.61 Å². The molecule has 1 unspecified atom stereocenters. The van der Waals surface area contributed by atoms with Crippen LogP contribution in [0.2, 0.25) is 0 Å². The van der Waals surface area contributed by atoms with Gasteiger partial charge in [-0.25, -0.2) is 0 Å². The van der Waals surface area contributed by atoms with E-state index in [4.69, 9.17) is 4.74 Å². The molecule has 1 atom stereocenters. The van der Waals surface area contributed by atoms with Crippen LogP contribution in [0.5, 0.6) is 5.75 Å². The number of para-hydroxylation sites is 1. The summed E-state index contributed by atoms with van der Waals surface area (Å²) in [5, 5.41) is 3.21. The minimum absolute atomic E-state index is 0.570. The van der Waals surface area contributed by atoms with E-state index in [0.29, 0.717) is 5.92 Å². The molecule has 0 fully saturated rings. The van der Waals surface area contributed by atoms with Crippen LogP contribution in [0.4, 0.5) is 0 Å². The van der Waals surface area contributed by atoms with Crippen molar-refractivity contribution < 1.29 is 4.74 Å². The van der Waals surface area contributed by atoms with Gasteiger partial charge in [0.1, 0.15) is 5.75 Å². The summed E-state index contributed by atoms with van der Waals surface area (Å²) < 4.78 is 5.84. The van der Waals surface area contributed by atoms with E-state index in [1.165, 1.54) is 17.5 Å². The van der Waals surface area contributed by atoms with Crippen molar-refractivity contribution in [1.82, 2.24) is 5.32 Å². The van der Waals surface area contributed by atoms with Gasteiger partial charge in [-0.1, -0.05) is 25.1 Å². The van der Waals surface area contributed by atoms with Gasteiger partial charge in [-0.3, -0.25) is 0 Å².